The Morgan fingerprint density at radius 1 is 1.25 bits per heavy atom. The summed E-state index contributed by atoms with van der Waals surface area (Å²) >= 11 is 0. The van der Waals surface area contributed by atoms with Gasteiger partial charge in [0.25, 0.3) is 0 Å². The van der Waals surface area contributed by atoms with Gasteiger partial charge in [-0.15, -0.1) is 0 Å². The van der Waals surface area contributed by atoms with Crippen molar-refractivity contribution in [3.05, 3.63) is 0 Å². The van der Waals surface area contributed by atoms with Gasteiger partial charge in [0, 0.05) is 18.3 Å². The quantitative estimate of drug-likeness (QED) is 0.546. The van der Waals surface area contributed by atoms with E-state index in [0.717, 1.165) is 19.3 Å². The van der Waals surface area contributed by atoms with E-state index in [1.165, 1.54) is 0 Å². The fourth-order valence-electron chi connectivity index (χ4n) is 2.12. The van der Waals surface area contributed by atoms with Gasteiger partial charge in [0.05, 0.1) is 13.2 Å². The number of hydrogen-bond acceptors (Lipinski definition) is 3. The van der Waals surface area contributed by atoms with E-state index >= 15 is 0 Å². The standard InChI is InChI=1S/C9H14O3/c10-8-2-1-3-9(4-8)5-11-7-12-6-9/h1-7H2. The lowest BCUT2D eigenvalue weighted by Crippen LogP contribution is -2.41. The highest BCUT2D eigenvalue weighted by molar-refractivity contribution is 5.79. The fraction of sp³-hybridized carbons (Fsp3) is 0.889. The van der Waals surface area contributed by atoms with Crippen LogP contribution in [0.2, 0.25) is 0 Å². The molecule has 0 N–H and O–H groups in total. The minimum absolute atomic E-state index is 0.0353. The van der Waals surface area contributed by atoms with Gasteiger partial charge in [-0.2, -0.15) is 0 Å². The van der Waals surface area contributed by atoms with Gasteiger partial charge in [0.2, 0.25) is 0 Å². The summed E-state index contributed by atoms with van der Waals surface area (Å²) < 4.78 is 10.5. The fourth-order valence-corrected chi connectivity index (χ4v) is 2.12. The van der Waals surface area contributed by atoms with Gasteiger partial charge in [-0.3, -0.25) is 4.79 Å². The maximum absolute atomic E-state index is 11.2. The van der Waals surface area contributed by atoms with Crippen LogP contribution in [0.5, 0.6) is 0 Å². The summed E-state index contributed by atoms with van der Waals surface area (Å²) in [5, 5.41) is 0. The number of ketones is 1. The molecule has 1 saturated carbocycles. The molecule has 0 aromatic rings. The van der Waals surface area contributed by atoms with Crippen LogP contribution in [0.3, 0.4) is 0 Å². The molecule has 2 rings (SSSR count). The maximum Gasteiger partial charge on any atom is 0.146 e. The van der Waals surface area contributed by atoms with Crippen LogP contribution in [0.1, 0.15) is 25.7 Å². The molecule has 1 saturated heterocycles. The first kappa shape index (κ1) is 8.20. The SMILES string of the molecule is O=C1CCCC2(COCOC2)C1. The summed E-state index contributed by atoms with van der Waals surface area (Å²) in [6.07, 6.45) is 3.50. The molecule has 1 heterocycles. The Labute approximate surface area is 72.0 Å². The Balaban J connectivity index is 2.02. The van der Waals surface area contributed by atoms with Gasteiger partial charge >= 0.3 is 0 Å². The lowest BCUT2D eigenvalue weighted by atomic mass is 9.74. The Bertz CT molecular complexity index is 177. The summed E-state index contributed by atoms with van der Waals surface area (Å²) in [5.41, 5.74) is 0.0353. The summed E-state index contributed by atoms with van der Waals surface area (Å²) in [6.45, 7) is 1.81. The van der Waals surface area contributed by atoms with Crippen molar-refractivity contribution in [2.45, 2.75) is 25.7 Å². The Hall–Kier alpha value is -0.410. The van der Waals surface area contributed by atoms with Crippen molar-refractivity contribution in [2.24, 2.45) is 5.41 Å². The van der Waals surface area contributed by atoms with Crippen LogP contribution >= 0.6 is 0 Å². The molecule has 0 aromatic carbocycles. The number of carbonyl (C=O) groups excluding carboxylic acids is 1. The van der Waals surface area contributed by atoms with Crippen LogP contribution in [-0.2, 0) is 14.3 Å². The third-order valence-corrected chi connectivity index (χ3v) is 2.72. The molecule has 3 heteroatoms. The Kier molecular flexibility index (Phi) is 2.15. The molecule has 0 bridgehead atoms. The van der Waals surface area contributed by atoms with Gasteiger partial charge in [-0.05, 0) is 12.8 Å². The van der Waals surface area contributed by atoms with Gasteiger partial charge in [-0.25, -0.2) is 0 Å². The van der Waals surface area contributed by atoms with Crippen molar-refractivity contribution in [1.29, 1.82) is 0 Å². The van der Waals surface area contributed by atoms with E-state index in [-0.39, 0.29) is 5.41 Å². The zero-order chi connectivity index (χ0) is 8.44. The van der Waals surface area contributed by atoms with Crippen LogP contribution in [0.25, 0.3) is 0 Å². The molecule has 0 atom stereocenters. The second-order valence-corrected chi connectivity index (χ2v) is 3.88. The molecule has 0 radical (unpaired) electrons. The summed E-state index contributed by atoms with van der Waals surface area (Å²) in [5.74, 6) is 0.371. The van der Waals surface area contributed by atoms with Crippen molar-refractivity contribution in [1.82, 2.24) is 0 Å². The molecular formula is C9H14O3. The van der Waals surface area contributed by atoms with E-state index in [1.807, 2.05) is 0 Å². The van der Waals surface area contributed by atoms with Crippen LogP contribution in [0.4, 0.5) is 0 Å². The molecule has 2 fully saturated rings. The minimum atomic E-state index is 0.0353. The summed E-state index contributed by atoms with van der Waals surface area (Å²) in [6, 6.07) is 0. The second-order valence-electron chi connectivity index (χ2n) is 3.88. The van der Waals surface area contributed by atoms with Crippen LogP contribution in [0, 0.1) is 5.41 Å². The van der Waals surface area contributed by atoms with Gasteiger partial charge in [-0.1, -0.05) is 0 Å². The van der Waals surface area contributed by atoms with E-state index < -0.39 is 0 Å². The van der Waals surface area contributed by atoms with Crippen LogP contribution < -0.4 is 0 Å². The largest absolute Gasteiger partial charge is 0.355 e. The molecular weight excluding hydrogens is 156 g/mol. The average Bonchev–Trinajstić information content (AvgIpc) is 2.05. The second kappa shape index (κ2) is 3.15. The molecule has 0 unspecified atom stereocenters. The molecule has 68 valence electrons. The minimum Gasteiger partial charge on any atom is -0.355 e. The number of Topliss-reactive ketones (excluding diaryl/α,β-unsaturated/α-hetero) is 1. The van der Waals surface area contributed by atoms with Crippen molar-refractivity contribution < 1.29 is 14.3 Å². The predicted octanol–water partition coefficient (Wildman–Crippen LogP) is 1.12. The smallest absolute Gasteiger partial charge is 0.146 e. The highest BCUT2D eigenvalue weighted by Gasteiger charge is 2.38. The van der Waals surface area contributed by atoms with E-state index in [2.05, 4.69) is 0 Å². The van der Waals surface area contributed by atoms with Gasteiger partial charge in [0.15, 0.2) is 0 Å². The average molecular weight is 170 g/mol. The molecule has 2 aliphatic rings. The molecule has 12 heavy (non-hydrogen) atoms. The van der Waals surface area contributed by atoms with E-state index in [1.54, 1.807) is 0 Å². The summed E-state index contributed by atoms with van der Waals surface area (Å²) in [7, 11) is 0. The van der Waals surface area contributed by atoms with Crippen LogP contribution in [-0.4, -0.2) is 25.8 Å². The lowest BCUT2D eigenvalue weighted by Gasteiger charge is -2.38. The van der Waals surface area contributed by atoms with Crippen molar-refractivity contribution in [3.63, 3.8) is 0 Å². The molecule has 0 amide bonds. The van der Waals surface area contributed by atoms with E-state index in [0.29, 0.717) is 32.2 Å². The molecule has 0 aromatic heterocycles. The molecule has 1 aliphatic heterocycles. The molecule has 1 spiro atoms. The third-order valence-electron chi connectivity index (χ3n) is 2.72. The van der Waals surface area contributed by atoms with Gasteiger partial charge < -0.3 is 9.47 Å². The first-order valence-corrected chi connectivity index (χ1v) is 4.48. The summed E-state index contributed by atoms with van der Waals surface area (Å²) in [4.78, 5) is 11.2. The third kappa shape index (κ3) is 1.52. The van der Waals surface area contributed by atoms with Crippen LogP contribution in [0.15, 0.2) is 0 Å². The topological polar surface area (TPSA) is 35.5 Å². The first-order valence-electron chi connectivity index (χ1n) is 4.48. The maximum atomic E-state index is 11.2. The molecule has 1 aliphatic carbocycles. The Morgan fingerprint density at radius 3 is 2.67 bits per heavy atom. The molecule has 3 nitrogen and oxygen atoms in total. The highest BCUT2D eigenvalue weighted by Crippen LogP contribution is 2.36. The normalized spacial score (nSPS) is 29.2. The van der Waals surface area contributed by atoms with E-state index in [4.69, 9.17) is 9.47 Å². The Morgan fingerprint density at radius 2 is 2.00 bits per heavy atom. The predicted molar refractivity (Wildman–Crippen MR) is 42.7 cm³/mol. The van der Waals surface area contributed by atoms with Crippen molar-refractivity contribution >= 4 is 5.78 Å². The number of rotatable bonds is 0. The zero-order valence-corrected chi connectivity index (χ0v) is 7.17. The van der Waals surface area contributed by atoms with Crippen molar-refractivity contribution in [3.8, 4) is 0 Å². The lowest BCUT2D eigenvalue weighted by molar-refractivity contribution is -0.176. The highest BCUT2D eigenvalue weighted by atomic mass is 16.7. The van der Waals surface area contributed by atoms with Crippen molar-refractivity contribution in [2.75, 3.05) is 20.0 Å². The zero-order valence-electron chi connectivity index (χ0n) is 7.17. The van der Waals surface area contributed by atoms with E-state index in [9.17, 15) is 4.79 Å². The monoisotopic (exact) mass is 170 g/mol. The van der Waals surface area contributed by atoms with Gasteiger partial charge in [0.1, 0.15) is 12.6 Å². The first-order chi connectivity index (χ1) is 5.81. The number of ether oxygens (including phenoxy) is 2. The number of carbonyl (C=O) groups is 1. The number of hydrogen-bond donors (Lipinski definition) is 0.